The molecule has 0 fully saturated rings. The van der Waals surface area contributed by atoms with Crippen LogP contribution in [0.5, 0.6) is 0 Å². The quantitative estimate of drug-likeness (QED) is 0.195. The third kappa shape index (κ3) is 4.47. The van der Waals surface area contributed by atoms with Gasteiger partial charge in [0.2, 0.25) is 0 Å². The van der Waals surface area contributed by atoms with Crippen LogP contribution >= 0.6 is 11.3 Å². The van der Waals surface area contributed by atoms with Crippen LogP contribution in [0.4, 0.5) is 0 Å². The molecule has 5 heterocycles. The van der Waals surface area contributed by atoms with E-state index in [9.17, 15) is 0 Å². The normalized spacial score (nSPS) is 11.5. The number of para-hydroxylation sites is 1. The summed E-state index contributed by atoms with van der Waals surface area (Å²) in [5.74, 6) is 0.656. The fraction of sp³-hybridized carbons (Fsp3) is 0. The summed E-state index contributed by atoms with van der Waals surface area (Å²) in [6, 6.07) is 44.7. The maximum absolute atomic E-state index is 5.06. The van der Waals surface area contributed by atoms with E-state index < -0.39 is 0 Å². The van der Waals surface area contributed by atoms with Gasteiger partial charge in [-0.2, -0.15) is 0 Å². The van der Waals surface area contributed by atoms with Crippen molar-refractivity contribution in [1.29, 1.82) is 0 Å². The smallest absolute Gasteiger partial charge is 0.160 e. The Bertz CT molecular complexity index is 2460. The molecule has 0 unspecified atom stereocenters. The zero-order chi connectivity index (χ0) is 30.5. The SMILES string of the molecule is c1ccc(-c2cc3ccc4c(c5ccccc5n4-c4cccc(-c5cc(-c6ccncc6)nc(-c6ccncc6)n5)c4)c3s2)cc1. The van der Waals surface area contributed by atoms with Crippen LogP contribution in [-0.2, 0) is 0 Å². The summed E-state index contributed by atoms with van der Waals surface area (Å²) in [4.78, 5) is 19.7. The Balaban J connectivity index is 1.24. The molecule has 5 aromatic heterocycles. The second kappa shape index (κ2) is 10.9. The molecule has 4 aromatic carbocycles. The van der Waals surface area contributed by atoms with Gasteiger partial charge in [0.15, 0.2) is 5.82 Å². The van der Waals surface area contributed by atoms with E-state index in [2.05, 4.69) is 118 Å². The van der Waals surface area contributed by atoms with E-state index in [1.165, 1.54) is 42.3 Å². The molecule has 0 atom stereocenters. The molecule has 9 aromatic rings. The first-order valence-corrected chi connectivity index (χ1v) is 15.9. The second-order valence-corrected chi connectivity index (χ2v) is 12.2. The van der Waals surface area contributed by atoms with E-state index in [1.54, 1.807) is 24.8 Å². The average molecular weight is 608 g/mol. The van der Waals surface area contributed by atoms with Gasteiger partial charge in [-0.25, -0.2) is 9.97 Å². The highest BCUT2D eigenvalue weighted by Crippen LogP contribution is 2.43. The Hall–Kier alpha value is -5.98. The van der Waals surface area contributed by atoms with Crippen LogP contribution < -0.4 is 0 Å². The first-order valence-electron chi connectivity index (χ1n) is 15.1. The molecule has 9 rings (SSSR count). The molecule has 216 valence electrons. The van der Waals surface area contributed by atoms with Gasteiger partial charge >= 0.3 is 0 Å². The molecule has 0 N–H and O–H groups in total. The maximum Gasteiger partial charge on any atom is 0.160 e. The Morgan fingerprint density at radius 3 is 2.00 bits per heavy atom. The predicted molar refractivity (Wildman–Crippen MR) is 189 cm³/mol. The zero-order valence-corrected chi connectivity index (χ0v) is 25.4. The molecular weight excluding hydrogens is 583 g/mol. The Kier molecular flexibility index (Phi) is 6.25. The van der Waals surface area contributed by atoms with Crippen molar-refractivity contribution in [3.05, 3.63) is 152 Å². The molecule has 0 saturated carbocycles. The molecule has 0 amide bonds. The van der Waals surface area contributed by atoms with Gasteiger partial charge in [0, 0.05) is 67.5 Å². The van der Waals surface area contributed by atoms with E-state index in [-0.39, 0.29) is 0 Å². The minimum atomic E-state index is 0.656. The van der Waals surface area contributed by atoms with Crippen molar-refractivity contribution in [2.75, 3.05) is 0 Å². The molecular formula is C40H25N5S. The van der Waals surface area contributed by atoms with Gasteiger partial charge in [0.1, 0.15) is 0 Å². The van der Waals surface area contributed by atoms with Crippen LogP contribution in [0.3, 0.4) is 0 Å². The highest BCUT2D eigenvalue weighted by atomic mass is 32.1. The third-order valence-corrected chi connectivity index (χ3v) is 9.64. The average Bonchev–Trinajstić information content (AvgIpc) is 3.72. The molecule has 0 aliphatic carbocycles. The summed E-state index contributed by atoms with van der Waals surface area (Å²) in [7, 11) is 0. The fourth-order valence-electron chi connectivity index (χ4n) is 6.27. The number of aromatic nitrogens is 5. The molecule has 5 nitrogen and oxygen atoms in total. The van der Waals surface area contributed by atoms with Crippen molar-refractivity contribution in [1.82, 2.24) is 24.5 Å². The maximum atomic E-state index is 5.06. The summed E-state index contributed by atoms with van der Waals surface area (Å²) in [6.45, 7) is 0. The van der Waals surface area contributed by atoms with Gasteiger partial charge in [-0.15, -0.1) is 11.3 Å². The van der Waals surface area contributed by atoms with E-state index in [0.29, 0.717) is 5.82 Å². The lowest BCUT2D eigenvalue weighted by Gasteiger charge is -2.12. The highest BCUT2D eigenvalue weighted by Gasteiger charge is 2.18. The van der Waals surface area contributed by atoms with Gasteiger partial charge in [-0.3, -0.25) is 9.97 Å². The molecule has 0 bridgehead atoms. The molecule has 0 aliphatic heterocycles. The van der Waals surface area contributed by atoms with Crippen LogP contribution in [-0.4, -0.2) is 24.5 Å². The van der Waals surface area contributed by atoms with Crippen molar-refractivity contribution in [2.45, 2.75) is 0 Å². The number of pyridine rings is 2. The van der Waals surface area contributed by atoms with Crippen LogP contribution in [0, 0.1) is 0 Å². The standard InChI is InChI=1S/C40H25N5S/c1-2-7-27(8-3-1)37-24-30-13-14-36-38(39(30)46-37)32-11-4-5-12-35(32)45(36)31-10-6-9-29(23-31)34-25-33(26-15-19-41-20-16-26)43-40(44-34)28-17-21-42-22-18-28/h1-25H. The molecule has 0 radical (unpaired) electrons. The lowest BCUT2D eigenvalue weighted by molar-refractivity contribution is 1.16. The predicted octanol–water partition coefficient (Wildman–Crippen LogP) is 10.2. The van der Waals surface area contributed by atoms with E-state index in [4.69, 9.17) is 9.97 Å². The summed E-state index contributed by atoms with van der Waals surface area (Å²) in [5.41, 5.74) is 9.30. The van der Waals surface area contributed by atoms with Crippen LogP contribution in [0.25, 0.3) is 81.9 Å². The first-order chi connectivity index (χ1) is 22.8. The van der Waals surface area contributed by atoms with Crippen molar-refractivity contribution in [2.24, 2.45) is 0 Å². The summed E-state index contributed by atoms with van der Waals surface area (Å²) < 4.78 is 3.69. The minimum absolute atomic E-state index is 0.656. The summed E-state index contributed by atoms with van der Waals surface area (Å²) in [5, 5.41) is 3.80. The molecule has 46 heavy (non-hydrogen) atoms. The number of hydrogen-bond donors (Lipinski definition) is 0. The third-order valence-electron chi connectivity index (χ3n) is 8.42. The lowest BCUT2D eigenvalue weighted by atomic mass is 10.1. The van der Waals surface area contributed by atoms with Gasteiger partial charge in [-0.1, -0.05) is 66.7 Å². The number of hydrogen-bond acceptors (Lipinski definition) is 5. The van der Waals surface area contributed by atoms with Gasteiger partial charge in [0.05, 0.1) is 22.4 Å². The first kappa shape index (κ1) is 26.4. The van der Waals surface area contributed by atoms with Crippen molar-refractivity contribution in [3.63, 3.8) is 0 Å². The Morgan fingerprint density at radius 2 is 1.20 bits per heavy atom. The molecule has 0 saturated heterocycles. The van der Waals surface area contributed by atoms with Crippen molar-refractivity contribution < 1.29 is 0 Å². The van der Waals surface area contributed by atoms with Crippen LogP contribution in [0.2, 0.25) is 0 Å². The zero-order valence-electron chi connectivity index (χ0n) is 24.6. The van der Waals surface area contributed by atoms with E-state index >= 15 is 0 Å². The number of nitrogens with zero attached hydrogens (tertiary/aromatic N) is 5. The van der Waals surface area contributed by atoms with E-state index in [0.717, 1.165) is 33.8 Å². The van der Waals surface area contributed by atoms with Crippen LogP contribution in [0.1, 0.15) is 0 Å². The van der Waals surface area contributed by atoms with Gasteiger partial charge in [-0.05, 0) is 71.6 Å². The Morgan fingerprint density at radius 1 is 0.500 bits per heavy atom. The monoisotopic (exact) mass is 607 g/mol. The minimum Gasteiger partial charge on any atom is -0.309 e. The fourth-order valence-corrected chi connectivity index (χ4v) is 7.49. The molecule has 0 spiro atoms. The van der Waals surface area contributed by atoms with Crippen molar-refractivity contribution in [3.8, 4) is 50.0 Å². The summed E-state index contributed by atoms with van der Waals surface area (Å²) >= 11 is 1.86. The largest absolute Gasteiger partial charge is 0.309 e. The number of fused-ring (bicyclic) bond motifs is 5. The van der Waals surface area contributed by atoms with Gasteiger partial charge in [0.25, 0.3) is 0 Å². The second-order valence-electron chi connectivity index (χ2n) is 11.2. The topological polar surface area (TPSA) is 56.5 Å². The Labute approximate surface area is 269 Å². The number of benzene rings is 4. The van der Waals surface area contributed by atoms with Crippen molar-refractivity contribution >= 4 is 43.2 Å². The molecule has 0 aliphatic rings. The van der Waals surface area contributed by atoms with E-state index in [1.807, 2.05) is 35.6 Å². The highest BCUT2D eigenvalue weighted by molar-refractivity contribution is 7.23. The summed E-state index contributed by atoms with van der Waals surface area (Å²) in [6.07, 6.45) is 7.13. The number of thiophene rings is 1. The number of rotatable bonds is 5. The van der Waals surface area contributed by atoms with Crippen LogP contribution in [0.15, 0.2) is 152 Å². The molecule has 6 heteroatoms. The van der Waals surface area contributed by atoms with Gasteiger partial charge < -0.3 is 4.57 Å². The lowest BCUT2D eigenvalue weighted by Crippen LogP contribution is -1.98.